The minimum atomic E-state index is 0.196. The largest absolute Gasteiger partial charge is 0.368 e. The number of hydrogen-bond donors (Lipinski definition) is 1. The normalized spacial score (nSPS) is 8.00. The van der Waals surface area contributed by atoms with E-state index in [1.807, 2.05) is 0 Å². The second-order valence-corrected chi connectivity index (χ2v) is 1.72. The molecule has 4 nitrogen and oxygen atoms in total. The van der Waals surface area contributed by atoms with Crippen LogP contribution in [0, 0.1) is 11.8 Å². The van der Waals surface area contributed by atoms with Crippen LogP contribution in [0.5, 0.6) is 0 Å². The van der Waals surface area contributed by atoms with E-state index in [9.17, 15) is 4.79 Å². The van der Waals surface area contributed by atoms with Crippen molar-refractivity contribution in [2.45, 2.75) is 0 Å². The van der Waals surface area contributed by atoms with E-state index < -0.39 is 0 Å². The average Bonchev–Trinajstić information content (AvgIpc) is 2.04. The smallest absolute Gasteiger partial charge is 0.219 e. The van der Waals surface area contributed by atoms with E-state index in [4.69, 9.17) is 5.73 Å². The van der Waals surface area contributed by atoms with Crippen molar-refractivity contribution in [3.8, 4) is 11.8 Å². The average molecular weight is 147 g/mol. The number of nitrogens with zero attached hydrogens (tertiary/aromatic N) is 2. The molecule has 0 fully saturated rings. The number of anilines is 1. The summed E-state index contributed by atoms with van der Waals surface area (Å²) in [4.78, 5) is 17.2. The summed E-state index contributed by atoms with van der Waals surface area (Å²) in [5.74, 6) is 4.95. The van der Waals surface area contributed by atoms with Crippen molar-refractivity contribution in [2.75, 3.05) is 5.73 Å². The monoisotopic (exact) mass is 147 g/mol. The van der Waals surface area contributed by atoms with Crippen LogP contribution in [-0.4, -0.2) is 16.3 Å². The van der Waals surface area contributed by atoms with Gasteiger partial charge in [-0.3, -0.25) is 4.79 Å². The molecule has 1 rings (SSSR count). The summed E-state index contributed by atoms with van der Waals surface area (Å²) in [6.07, 6.45) is 3.42. The van der Waals surface area contributed by atoms with Gasteiger partial charge in [0.1, 0.15) is 0 Å². The van der Waals surface area contributed by atoms with Crippen LogP contribution in [0.25, 0.3) is 0 Å². The zero-order chi connectivity index (χ0) is 8.10. The first-order chi connectivity index (χ1) is 5.33. The van der Waals surface area contributed by atoms with Gasteiger partial charge in [-0.05, 0) is 5.92 Å². The number of hydrogen-bond acceptors (Lipinski definition) is 4. The van der Waals surface area contributed by atoms with Gasteiger partial charge in [-0.15, -0.1) is 0 Å². The fourth-order valence-electron chi connectivity index (χ4n) is 0.515. The minimum Gasteiger partial charge on any atom is -0.368 e. The SMILES string of the molecule is Nc1ncc(C#CC=O)cn1. The van der Waals surface area contributed by atoms with E-state index in [-0.39, 0.29) is 5.95 Å². The Balaban J connectivity index is 2.90. The first-order valence-electron chi connectivity index (χ1n) is 2.85. The molecule has 0 aliphatic heterocycles. The summed E-state index contributed by atoms with van der Waals surface area (Å²) in [6.45, 7) is 0. The van der Waals surface area contributed by atoms with Crippen LogP contribution in [0.2, 0.25) is 0 Å². The zero-order valence-corrected chi connectivity index (χ0v) is 5.61. The molecule has 0 aliphatic carbocycles. The van der Waals surface area contributed by atoms with Crippen molar-refractivity contribution in [3.63, 3.8) is 0 Å². The van der Waals surface area contributed by atoms with Crippen molar-refractivity contribution >= 4 is 12.2 Å². The van der Waals surface area contributed by atoms with E-state index >= 15 is 0 Å². The van der Waals surface area contributed by atoms with E-state index in [2.05, 4.69) is 21.8 Å². The van der Waals surface area contributed by atoms with Gasteiger partial charge in [0.2, 0.25) is 5.95 Å². The number of nitrogen functional groups attached to an aromatic ring is 1. The van der Waals surface area contributed by atoms with Gasteiger partial charge in [0.05, 0.1) is 5.56 Å². The Bertz CT molecular complexity index is 307. The lowest BCUT2D eigenvalue weighted by molar-refractivity contribution is -0.103. The Morgan fingerprint density at radius 2 is 2.09 bits per heavy atom. The molecule has 4 heteroatoms. The maximum Gasteiger partial charge on any atom is 0.219 e. The van der Waals surface area contributed by atoms with Crippen molar-refractivity contribution in [1.82, 2.24) is 9.97 Å². The van der Waals surface area contributed by atoms with Gasteiger partial charge in [-0.1, -0.05) is 5.92 Å². The van der Waals surface area contributed by atoms with Crippen LogP contribution in [0.15, 0.2) is 12.4 Å². The summed E-state index contributed by atoms with van der Waals surface area (Å²) < 4.78 is 0. The minimum absolute atomic E-state index is 0.196. The standard InChI is InChI=1S/C7H5N3O/c8-7-9-4-6(5-10-7)2-1-3-11/h3-5H,(H2,8,9,10). The fraction of sp³-hybridized carbons (Fsp3) is 0. The molecule has 0 aliphatic rings. The molecule has 0 saturated heterocycles. The van der Waals surface area contributed by atoms with Crippen molar-refractivity contribution in [3.05, 3.63) is 18.0 Å². The Morgan fingerprint density at radius 3 is 2.64 bits per heavy atom. The van der Waals surface area contributed by atoms with Gasteiger partial charge < -0.3 is 5.73 Å². The number of aldehydes is 1. The van der Waals surface area contributed by atoms with Gasteiger partial charge in [0.15, 0.2) is 6.29 Å². The first-order valence-corrected chi connectivity index (χ1v) is 2.85. The zero-order valence-electron chi connectivity index (χ0n) is 5.61. The summed E-state index contributed by atoms with van der Waals surface area (Å²) in [5.41, 5.74) is 5.79. The predicted molar refractivity (Wildman–Crippen MR) is 39.4 cm³/mol. The molecule has 0 atom stereocenters. The molecule has 0 unspecified atom stereocenters. The summed E-state index contributed by atoms with van der Waals surface area (Å²) in [6, 6.07) is 0. The van der Waals surface area contributed by atoms with E-state index in [0.717, 1.165) is 0 Å². The second kappa shape index (κ2) is 3.32. The predicted octanol–water partition coefficient (Wildman–Crippen LogP) is -0.391. The number of aromatic nitrogens is 2. The second-order valence-electron chi connectivity index (χ2n) is 1.72. The van der Waals surface area contributed by atoms with Crippen LogP contribution in [0.3, 0.4) is 0 Å². The van der Waals surface area contributed by atoms with Gasteiger partial charge in [0.25, 0.3) is 0 Å². The lowest BCUT2D eigenvalue weighted by Crippen LogP contribution is -1.93. The number of rotatable bonds is 0. The van der Waals surface area contributed by atoms with Crippen LogP contribution in [0.4, 0.5) is 5.95 Å². The Morgan fingerprint density at radius 1 is 1.45 bits per heavy atom. The fourth-order valence-corrected chi connectivity index (χ4v) is 0.515. The first kappa shape index (κ1) is 7.22. The van der Waals surface area contributed by atoms with Crippen LogP contribution >= 0.6 is 0 Å². The molecule has 0 bridgehead atoms. The molecular weight excluding hydrogens is 142 g/mol. The highest BCUT2D eigenvalue weighted by Crippen LogP contribution is 1.92. The highest BCUT2D eigenvalue weighted by molar-refractivity contribution is 5.73. The molecule has 0 spiro atoms. The van der Waals surface area contributed by atoms with Crippen molar-refractivity contribution in [1.29, 1.82) is 0 Å². The third-order valence-electron chi connectivity index (χ3n) is 0.947. The third kappa shape index (κ3) is 2.06. The Hall–Kier alpha value is -1.89. The van der Waals surface area contributed by atoms with Gasteiger partial charge >= 0.3 is 0 Å². The molecule has 1 aromatic heterocycles. The van der Waals surface area contributed by atoms with E-state index in [1.54, 1.807) is 0 Å². The topological polar surface area (TPSA) is 68.9 Å². The highest BCUT2D eigenvalue weighted by Gasteiger charge is 1.87. The number of carbonyl (C=O) groups excluding carboxylic acids is 1. The number of carbonyl (C=O) groups is 1. The Kier molecular flexibility index (Phi) is 2.18. The molecule has 0 amide bonds. The molecule has 1 heterocycles. The highest BCUT2D eigenvalue weighted by atomic mass is 16.1. The molecule has 0 radical (unpaired) electrons. The van der Waals surface area contributed by atoms with Crippen LogP contribution in [0.1, 0.15) is 5.56 Å². The lowest BCUT2D eigenvalue weighted by Gasteiger charge is -1.88. The van der Waals surface area contributed by atoms with Crippen LogP contribution in [-0.2, 0) is 4.79 Å². The quantitative estimate of drug-likeness (QED) is 0.400. The summed E-state index contributed by atoms with van der Waals surface area (Å²) in [5, 5.41) is 0. The molecule has 0 saturated carbocycles. The summed E-state index contributed by atoms with van der Waals surface area (Å²) in [7, 11) is 0. The van der Waals surface area contributed by atoms with Gasteiger partial charge in [0, 0.05) is 12.4 Å². The molecule has 1 aromatic rings. The van der Waals surface area contributed by atoms with Gasteiger partial charge in [-0.2, -0.15) is 0 Å². The molecule has 11 heavy (non-hydrogen) atoms. The Labute approximate surface area is 63.5 Å². The molecule has 0 aromatic carbocycles. The summed E-state index contributed by atoms with van der Waals surface area (Å²) >= 11 is 0. The third-order valence-corrected chi connectivity index (χ3v) is 0.947. The molecular formula is C7H5N3O. The maximum absolute atomic E-state index is 9.81. The van der Waals surface area contributed by atoms with E-state index in [0.29, 0.717) is 11.8 Å². The van der Waals surface area contributed by atoms with Crippen LogP contribution < -0.4 is 5.73 Å². The number of nitrogens with two attached hydrogens (primary N) is 1. The van der Waals surface area contributed by atoms with Crippen molar-refractivity contribution in [2.24, 2.45) is 0 Å². The lowest BCUT2D eigenvalue weighted by atomic mass is 10.3. The molecule has 54 valence electrons. The van der Waals surface area contributed by atoms with E-state index in [1.165, 1.54) is 12.4 Å². The molecule has 2 N–H and O–H groups in total. The van der Waals surface area contributed by atoms with Crippen molar-refractivity contribution < 1.29 is 4.79 Å². The van der Waals surface area contributed by atoms with Gasteiger partial charge in [-0.25, -0.2) is 9.97 Å². The maximum atomic E-state index is 9.81.